The quantitative estimate of drug-likeness (QED) is 0.0192. The van der Waals surface area contributed by atoms with Gasteiger partial charge in [-0.1, -0.05) is 87.4 Å². The van der Waals surface area contributed by atoms with Crippen molar-refractivity contribution < 1.29 is 67.1 Å². The van der Waals surface area contributed by atoms with E-state index >= 15 is 0 Å². The van der Waals surface area contributed by atoms with Gasteiger partial charge in [0.15, 0.2) is 0 Å². The number of rotatable bonds is 20. The van der Waals surface area contributed by atoms with Crippen LogP contribution in [-0.4, -0.2) is 41.5 Å². The second kappa shape index (κ2) is 23.0. The summed E-state index contributed by atoms with van der Waals surface area (Å²) in [6, 6.07) is 25.7. The molecule has 0 bridgehead atoms. The topological polar surface area (TPSA) is 190 Å². The number of carbonyl (C=O) groups excluding carboxylic acids is 2. The number of nitrogens with one attached hydrogen (secondary N) is 2. The molecule has 64 heavy (non-hydrogen) atoms. The van der Waals surface area contributed by atoms with Gasteiger partial charge in [0.25, 0.3) is 5.91 Å². The molecule has 0 saturated carbocycles. The summed E-state index contributed by atoms with van der Waals surface area (Å²) in [7, 11) is -4.88. The zero-order valence-corrected chi connectivity index (χ0v) is 39.8. The van der Waals surface area contributed by atoms with Gasteiger partial charge in [0, 0.05) is 35.3 Å². The summed E-state index contributed by atoms with van der Waals surface area (Å²) in [5, 5.41) is 37.6. The number of carbonyl (C=O) groups is 2. The third-order valence-electron chi connectivity index (χ3n) is 10.9. The Kier molecular flexibility index (Phi) is 17.8. The average Bonchev–Trinajstić information content (AvgIpc) is 3.25. The maximum atomic E-state index is 13.5. The van der Waals surface area contributed by atoms with E-state index in [1.54, 1.807) is 42.5 Å². The van der Waals surface area contributed by atoms with E-state index in [1.165, 1.54) is 74.3 Å². The average molecular weight is 894 g/mol. The molecule has 6 aromatic rings. The van der Waals surface area contributed by atoms with Crippen molar-refractivity contribution in [3.8, 4) is 23.0 Å². The van der Waals surface area contributed by atoms with E-state index in [-0.39, 0.29) is 68.6 Å². The minimum Gasteiger partial charge on any atom is -0.744 e. The number of azo groups is 1. The largest absolute Gasteiger partial charge is 1.00 e. The molecular weight excluding hydrogens is 840 g/mol. The molecule has 2 amide bonds. The molecule has 0 aliphatic rings. The standard InChI is InChI=1S/C50H55N4O8S.Na/c1-5-7-9-15-34-20-21-35(36(28-34)17-10-8-6-2)16-13-14-26-51-50(58)43-31-45(41-18-11-12-19-42(41)48(43)56)62-39-24-22-38(23-25-39)53-54-47-32(3)27-37-29-40(63(59,60)61)30-44(52-33(4)55)46(37)49(47)57;/h11-12,18-25,27-31,56-57H,3,5-10,13-17,26H2,1-2,4H3,(H,51,58)(H,52,55)(H,59,60,61);/q-1;+1/p-1. The number of aryl methyl sites for hydroxylation is 3. The van der Waals surface area contributed by atoms with Gasteiger partial charge in [-0.05, 0) is 104 Å². The molecule has 0 aliphatic heterocycles. The summed E-state index contributed by atoms with van der Waals surface area (Å²) in [5.74, 6) is -0.745. The van der Waals surface area contributed by atoms with E-state index in [0.29, 0.717) is 34.5 Å². The fourth-order valence-corrected chi connectivity index (χ4v) is 8.21. The summed E-state index contributed by atoms with van der Waals surface area (Å²) in [6.45, 7) is 10.0. The number of anilines is 1. The van der Waals surface area contributed by atoms with Gasteiger partial charge in [-0.25, -0.2) is 13.5 Å². The number of hydrogen-bond acceptors (Lipinski definition) is 10. The molecule has 0 atom stereocenters. The molecule has 14 heteroatoms. The number of aromatic hydroxyl groups is 2. The van der Waals surface area contributed by atoms with Crippen LogP contribution in [0.1, 0.15) is 105 Å². The summed E-state index contributed by atoms with van der Waals surface area (Å²) in [6.07, 6.45) is 12.1. The van der Waals surface area contributed by atoms with E-state index in [1.807, 2.05) is 6.07 Å². The molecule has 6 rings (SSSR count). The Morgan fingerprint density at radius 3 is 2.12 bits per heavy atom. The Labute approximate surface area is 397 Å². The van der Waals surface area contributed by atoms with Gasteiger partial charge < -0.3 is 30.1 Å². The number of nitrogens with zero attached hydrogens (tertiary/aromatic N) is 2. The number of amides is 2. The Balaban J connectivity index is 0.00000771. The zero-order chi connectivity index (χ0) is 45.1. The van der Waals surface area contributed by atoms with E-state index in [0.717, 1.165) is 44.2 Å². The molecule has 4 N–H and O–H groups in total. The van der Waals surface area contributed by atoms with Gasteiger partial charge in [-0.2, -0.15) is 23.7 Å². The van der Waals surface area contributed by atoms with Crippen molar-refractivity contribution in [1.82, 2.24) is 5.32 Å². The molecule has 0 heterocycles. The van der Waals surface area contributed by atoms with Crippen molar-refractivity contribution in [3.63, 3.8) is 0 Å². The van der Waals surface area contributed by atoms with Crippen molar-refractivity contribution in [1.29, 1.82) is 0 Å². The summed E-state index contributed by atoms with van der Waals surface area (Å²) in [5.41, 5.74) is 4.77. The molecule has 12 nitrogen and oxygen atoms in total. The second-order valence-electron chi connectivity index (χ2n) is 15.8. The smallest absolute Gasteiger partial charge is 0.744 e. The molecule has 6 aromatic carbocycles. The number of benzene rings is 6. The van der Waals surface area contributed by atoms with Crippen LogP contribution >= 0.6 is 0 Å². The normalized spacial score (nSPS) is 11.5. The second-order valence-corrected chi connectivity index (χ2v) is 17.2. The van der Waals surface area contributed by atoms with Crippen LogP contribution in [0.15, 0.2) is 106 Å². The monoisotopic (exact) mass is 893 g/mol. The van der Waals surface area contributed by atoms with Crippen molar-refractivity contribution in [3.05, 3.63) is 126 Å². The van der Waals surface area contributed by atoms with Crippen LogP contribution in [0.2, 0.25) is 0 Å². The van der Waals surface area contributed by atoms with E-state index in [4.69, 9.17) is 4.74 Å². The number of phenolic OH excluding ortho intramolecular Hbond substituents is 2. The first-order valence-electron chi connectivity index (χ1n) is 21.5. The Bertz CT molecular complexity index is 2760. The SMILES string of the molecule is [CH2-]c1cc2cc(S(=O)(=O)[O-])cc(NC(C)=O)c2c(O)c1N=Nc1ccc(Oc2cc(C(=O)NCCCCc3ccc(CCCCC)cc3CCCCC)c(O)c3ccccc23)cc1.[Na+]. The Morgan fingerprint density at radius 2 is 1.44 bits per heavy atom. The molecular formula is C50H54N4NaO8S-. The van der Waals surface area contributed by atoms with Gasteiger partial charge in [-0.3, -0.25) is 9.59 Å². The molecule has 0 fully saturated rings. The third-order valence-corrected chi connectivity index (χ3v) is 11.8. The van der Waals surface area contributed by atoms with Crippen molar-refractivity contribution in [2.75, 3.05) is 11.9 Å². The van der Waals surface area contributed by atoms with Crippen LogP contribution in [-0.2, 0) is 34.2 Å². The van der Waals surface area contributed by atoms with Gasteiger partial charge in [0.05, 0.1) is 27.6 Å². The maximum absolute atomic E-state index is 13.5. The minimum atomic E-state index is -4.88. The first kappa shape index (κ1) is 49.6. The number of phenols is 2. The number of unbranched alkanes of at least 4 members (excludes halogenated alkanes) is 5. The summed E-state index contributed by atoms with van der Waals surface area (Å²) in [4.78, 5) is 24.9. The van der Waals surface area contributed by atoms with Gasteiger partial charge in [0.2, 0.25) is 5.91 Å². The van der Waals surface area contributed by atoms with Crippen LogP contribution in [0, 0.1) is 6.92 Å². The molecule has 0 spiro atoms. The van der Waals surface area contributed by atoms with E-state index in [2.05, 4.69) is 59.8 Å². The van der Waals surface area contributed by atoms with Gasteiger partial charge in [-0.15, -0.1) is 0 Å². The molecule has 0 unspecified atom stereocenters. The zero-order valence-electron chi connectivity index (χ0n) is 37.0. The van der Waals surface area contributed by atoms with Crippen LogP contribution in [0.3, 0.4) is 0 Å². The minimum absolute atomic E-state index is 0. The van der Waals surface area contributed by atoms with Crippen LogP contribution in [0.25, 0.3) is 21.5 Å². The fraction of sp³-hybridized carbons (Fsp3) is 0.300. The maximum Gasteiger partial charge on any atom is 1.00 e. The summed E-state index contributed by atoms with van der Waals surface area (Å²) < 4.78 is 41.6. The van der Waals surface area contributed by atoms with Crippen LogP contribution in [0.4, 0.5) is 17.1 Å². The van der Waals surface area contributed by atoms with Crippen LogP contribution in [0.5, 0.6) is 23.0 Å². The first-order valence-corrected chi connectivity index (χ1v) is 22.9. The summed E-state index contributed by atoms with van der Waals surface area (Å²) >= 11 is 0. The number of ether oxygens (including phenoxy) is 1. The van der Waals surface area contributed by atoms with Crippen molar-refractivity contribution in [2.45, 2.75) is 96.3 Å². The van der Waals surface area contributed by atoms with Crippen molar-refractivity contribution in [2.24, 2.45) is 10.2 Å². The predicted molar refractivity (Wildman–Crippen MR) is 247 cm³/mol. The fourth-order valence-electron chi connectivity index (χ4n) is 7.68. The van der Waals surface area contributed by atoms with Crippen LogP contribution < -0.4 is 44.9 Å². The third kappa shape index (κ3) is 12.6. The number of fused-ring (bicyclic) bond motifs is 2. The van der Waals surface area contributed by atoms with Gasteiger partial charge in [0.1, 0.15) is 27.4 Å². The molecule has 0 aliphatic carbocycles. The Morgan fingerprint density at radius 1 is 0.766 bits per heavy atom. The number of hydrogen-bond donors (Lipinski definition) is 4. The molecule has 0 aromatic heterocycles. The van der Waals surface area contributed by atoms with Gasteiger partial charge >= 0.3 is 29.6 Å². The molecule has 0 radical (unpaired) electrons. The predicted octanol–water partition coefficient (Wildman–Crippen LogP) is 8.88. The molecule has 0 saturated heterocycles. The molecule has 330 valence electrons. The van der Waals surface area contributed by atoms with Crippen molar-refractivity contribution >= 4 is 60.5 Å². The van der Waals surface area contributed by atoms with E-state index < -0.39 is 32.6 Å². The Hall–Kier alpha value is -5.44. The van der Waals surface area contributed by atoms with E-state index in [9.17, 15) is 32.8 Å². The first-order chi connectivity index (χ1) is 30.3.